The van der Waals surface area contributed by atoms with Gasteiger partial charge in [-0.1, -0.05) is 11.6 Å². The van der Waals surface area contributed by atoms with Crippen molar-refractivity contribution in [2.45, 2.75) is 13.5 Å². The number of anilines is 2. The molecule has 30 heavy (non-hydrogen) atoms. The summed E-state index contributed by atoms with van der Waals surface area (Å²) in [7, 11) is 2.91. The monoisotopic (exact) mass is 439 g/mol. The maximum atomic E-state index is 13.6. The quantitative estimate of drug-likeness (QED) is 0.575. The number of benzene rings is 2. The van der Waals surface area contributed by atoms with Crippen LogP contribution in [0.1, 0.15) is 11.1 Å². The molecule has 3 aromatic rings. The van der Waals surface area contributed by atoms with Crippen LogP contribution in [0.4, 0.5) is 24.8 Å². The SMILES string of the molecule is COc1cc(Cl)c(Nc2nc(=O)c(C)cn2Cc2cc(F)c(F)c(F)c2)cc1OC. The van der Waals surface area contributed by atoms with Gasteiger partial charge in [-0.2, -0.15) is 4.98 Å². The number of hydrogen-bond donors (Lipinski definition) is 1. The molecule has 0 saturated carbocycles. The first kappa shape index (κ1) is 21.5. The van der Waals surface area contributed by atoms with Crippen molar-refractivity contribution in [3.8, 4) is 11.5 Å². The first-order chi connectivity index (χ1) is 14.2. The number of ether oxygens (including phenoxy) is 2. The third kappa shape index (κ3) is 4.35. The van der Waals surface area contributed by atoms with Crippen LogP contribution in [-0.2, 0) is 6.54 Å². The summed E-state index contributed by atoms with van der Waals surface area (Å²) in [5.41, 5.74) is 0.303. The summed E-state index contributed by atoms with van der Waals surface area (Å²) in [6, 6.07) is 4.82. The number of halogens is 4. The number of nitrogens with zero attached hydrogens (tertiary/aromatic N) is 2. The summed E-state index contributed by atoms with van der Waals surface area (Å²) >= 11 is 6.28. The second kappa shape index (κ2) is 8.66. The average Bonchev–Trinajstić information content (AvgIpc) is 2.70. The summed E-state index contributed by atoms with van der Waals surface area (Å²) in [6.45, 7) is 1.46. The molecule has 0 aliphatic heterocycles. The Balaban J connectivity index is 2.04. The van der Waals surface area contributed by atoms with Crippen LogP contribution in [0.25, 0.3) is 0 Å². The van der Waals surface area contributed by atoms with Gasteiger partial charge in [0.1, 0.15) is 0 Å². The van der Waals surface area contributed by atoms with E-state index < -0.39 is 23.0 Å². The summed E-state index contributed by atoms with van der Waals surface area (Å²) in [5.74, 6) is -3.33. The fourth-order valence-corrected chi connectivity index (χ4v) is 2.99. The van der Waals surface area contributed by atoms with Gasteiger partial charge in [0, 0.05) is 23.9 Å². The molecule has 2 aromatic carbocycles. The highest BCUT2D eigenvalue weighted by molar-refractivity contribution is 6.33. The molecule has 0 aliphatic carbocycles. The molecule has 1 N–H and O–H groups in total. The molecule has 10 heteroatoms. The average molecular weight is 440 g/mol. The Hall–Kier alpha value is -3.20. The second-order valence-corrected chi connectivity index (χ2v) is 6.77. The van der Waals surface area contributed by atoms with Crippen LogP contribution >= 0.6 is 11.6 Å². The Labute approximate surface area is 174 Å². The molecule has 0 amide bonds. The molecule has 1 aromatic heterocycles. The van der Waals surface area contributed by atoms with E-state index in [1.54, 1.807) is 13.0 Å². The Kier molecular flexibility index (Phi) is 6.21. The molecule has 0 fully saturated rings. The highest BCUT2D eigenvalue weighted by atomic mass is 35.5. The van der Waals surface area contributed by atoms with Gasteiger partial charge >= 0.3 is 0 Å². The van der Waals surface area contributed by atoms with E-state index in [2.05, 4.69) is 10.3 Å². The third-order valence-electron chi connectivity index (χ3n) is 4.28. The number of nitrogens with one attached hydrogen (secondary N) is 1. The standard InChI is InChI=1S/C20H17ClF3N3O3/c1-10-8-27(9-11-4-13(22)18(24)14(23)5-11)20(26-19(10)28)25-15-7-17(30-3)16(29-2)6-12(15)21/h4-8H,9H2,1-3H3,(H,25,26,28). The highest BCUT2D eigenvalue weighted by Gasteiger charge is 2.15. The minimum Gasteiger partial charge on any atom is -0.493 e. The fraction of sp³-hybridized carbons (Fsp3) is 0.200. The zero-order chi connectivity index (χ0) is 22.0. The van der Waals surface area contributed by atoms with Crippen LogP contribution in [0.2, 0.25) is 5.02 Å². The fourth-order valence-electron chi connectivity index (χ4n) is 2.79. The molecular formula is C20H17ClF3N3O3. The smallest absolute Gasteiger partial charge is 0.277 e. The van der Waals surface area contributed by atoms with Crippen molar-refractivity contribution < 1.29 is 22.6 Å². The maximum Gasteiger partial charge on any atom is 0.277 e. The molecule has 0 bridgehead atoms. The predicted octanol–water partition coefficient (Wildman–Crippen LogP) is 4.43. The topological polar surface area (TPSA) is 65.4 Å². The van der Waals surface area contributed by atoms with Gasteiger partial charge in [-0.15, -0.1) is 0 Å². The largest absolute Gasteiger partial charge is 0.493 e. The molecule has 0 radical (unpaired) electrons. The highest BCUT2D eigenvalue weighted by Crippen LogP contribution is 2.37. The van der Waals surface area contributed by atoms with E-state index >= 15 is 0 Å². The van der Waals surface area contributed by atoms with Crippen LogP contribution in [0.15, 0.2) is 35.3 Å². The van der Waals surface area contributed by atoms with Crippen molar-refractivity contribution >= 4 is 23.2 Å². The second-order valence-electron chi connectivity index (χ2n) is 6.37. The molecule has 0 atom stereocenters. The lowest BCUT2D eigenvalue weighted by Crippen LogP contribution is -2.19. The minimum absolute atomic E-state index is 0.0601. The number of methoxy groups -OCH3 is 2. The van der Waals surface area contributed by atoms with Gasteiger partial charge < -0.3 is 19.4 Å². The van der Waals surface area contributed by atoms with Gasteiger partial charge in [0.05, 0.1) is 31.5 Å². The first-order valence-electron chi connectivity index (χ1n) is 8.63. The molecule has 1 heterocycles. The van der Waals surface area contributed by atoms with Gasteiger partial charge in [-0.25, -0.2) is 13.2 Å². The van der Waals surface area contributed by atoms with Crippen molar-refractivity contribution in [1.29, 1.82) is 0 Å². The molecule has 6 nitrogen and oxygen atoms in total. The van der Waals surface area contributed by atoms with E-state index in [0.717, 1.165) is 12.1 Å². The van der Waals surface area contributed by atoms with Crippen molar-refractivity contribution in [3.63, 3.8) is 0 Å². The Bertz CT molecular complexity index is 1150. The zero-order valence-electron chi connectivity index (χ0n) is 16.2. The van der Waals surface area contributed by atoms with E-state index in [4.69, 9.17) is 21.1 Å². The first-order valence-corrected chi connectivity index (χ1v) is 9.01. The molecule has 3 rings (SSSR count). The van der Waals surface area contributed by atoms with Crippen LogP contribution in [0.3, 0.4) is 0 Å². The molecule has 0 spiro atoms. The lowest BCUT2D eigenvalue weighted by atomic mass is 10.2. The summed E-state index contributed by atoms with van der Waals surface area (Å²) in [6.07, 6.45) is 1.46. The van der Waals surface area contributed by atoms with Crippen LogP contribution < -0.4 is 20.3 Å². The molecule has 0 saturated heterocycles. The molecule has 158 valence electrons. The number of aromatic nitrogens is 2. The van der Waals surface area contributed by atoms with Crippen molar-refractivity contribution in [1.82, 2.24) is 9.55 Å². The zero-order valence-corrected chi connectivity index (χ0v) is 17.0. The Morgan fingerprint density at radius 3 is 2.27 bits per heavy atom. The van der Waals surface area contributed by atoms with Gasteiger partial charge in [0.15, 0.2) is 29.0 Å². The van der Waals surface area contributed by atoms with Gasteiger partial charge in [0.25, 0.3) is 5.56 Å². The number of hydrogen-bond acceptors (Lipinski definition) is 5. The molecule has 0 aliphatic rings. The Morgan fingerprint density at radius 2 is 1.67 bits per heavy atom. The predicted molar refractivity (Wildman–Crippen MR) is 106 cm³/mol. The normalized spacial score (nSPS) is 10.8. The summed E-state index contributed by atoms with van der Waals surface area (Å²) in [4.78, 5) is 16.1. The molecule has 0 unspecified atom stereocenters. The van der Waals surface area contributed by atoms with E-state index in [9.17, 15) is 18.0 Å². The maximum absolute atomic E-state index is 13.6. The van der Waals surface area contributed by atoms with E-state index in [1.807, 2.05) is 0 Å². The number of aryl methyl sites for hydroxylation is 1. The van der Waals surface area contributed by atoms with E-state index in [1.165, 1.54) is 31.0 Å². The summed E-state index contributed by atoms with van der Waals surface area (Å²) < 4.78 is 52.3. The lowest BCUT2D eigenvalue weighted by molar-refractivity contribution is 0.355. The van der Waals surface area contributed by atoms with Gasteiger partial charge in [-0.05, 0) is 24.6 Å². The van der Waals surface area contributed by atoms with Crippen molar-refractivity contribution in [3.05, 3.63) is 74.4 Å². The van der Waals surface area contributed by atoms with E-state index in [-0.39, 0.29) is 23.1 Å². The third-order valence-corrected chi connectivity index (χ3v) is 4.60. The van der Waals surface area contributed by atoms with Crippen molar-refractivity contribution in [2.24, 2.45) is 0 Å². The molecular weight excluding hydrogens is 423 g/mol. The van der Waals surface area contributed by atoms with Gasteiger partial charge in [0.2, 0.25) is 5.95 Å². The minimum atomic E-state index is -1.55. The van der Waals surface area contributed by atoms with Crippen LogP contribution in [0, 0.1) is 24.4 Å². The van der Waals surface area contributed by atoms with Crippen LogP contribution in [0.5, 0.6) is 11.5 Å². The number of rotatable bonds is 6. The Morgan fingerprint density at radius 1 is 1.07 bits per heavy atom. The van der Waals surface area contributed by atoms with Gasteiger partial charge in [-0.3, -0.25) is 4.79 Å². The summed E-state index contributed by atoms with van der Waals surface area (Å²) in [5, 5.41) is 3.18. The van der Waals surface area contributed by atoms with E-state index in [0.29, 0.717) is 22.7 Å². The van der Waals surface area contributed by atoms with Crippen molar-refractivity contribution in [2.75, 3.05) is 19.5 Å². The van der Waals surface area contributed by atoms with Crippen LogP contribution in [-0.4, -0.2) is 23.8 Å². The lowest BCUT2D eigenvalue weighted by Gasteiger charge is -2.17.